The van der Waals surface area contributed by atoms with E-state index in [1.807, 2.05) is 37.3 Å². The van der Waals surface area contributed by atoms with Crippen molar-refractivity contribution in [1.29, 1.82) is 0 Å². The quantitative estimate of drug-likeness (QED) is 0.800. The summed E-state index contributed by atoms with van der Waals surface area (Å²) in [6.45, 7) is 2.33. The van der Waals surface area contributed by atoms with Crippen LogP contribution in [0.25, 0.3) is 0 Å². The molecule has 2 rings (SSSR count). The molecule has 0 amide bonds. The van der Waals surface area contributed by atoms with Gasteiger partial charge < -0.3 is 4.74 Å². The number of aryl methyl sites for hydroxylation is 1. The maximum absolute atomic E-state index is 5.76. The minimum absolute atomic E-state index is 0.358. The van der Waals surface area contributed by atoms with E-state index in [9.17, 15) is 0 Å². The summed E-state index contributed by atoms with van der Waals surface area (Å²) in [5, 5.41) is 0. The van der Waals surface area contributed by atoms with Crippen LogP contribution in [0.4, 0.5) is 0 Å². The van der Waals surface area contributed by atoms with Crippen molar-refractivity contribution in [3.8, 4) is 6.01 Å². The van der Waals surface area contributed by atoms with Crippen LogP contribution in [0.1, 0.15) is 17.0 Å². The molecule has 0 aliphatic carbocycles. The van der Waals surface area contributed by atoms with Gasteiger partial charge in [-0.2, -0.15) is 4.98 Å². The van der Waals surface area contributed by atoms with Crippen LogP contribution in [0.2, 0.25) is 0 Å². The lowest BCUT2D eigenvalue weighted by molar-refractivity contribution is 0.279. The molecule has 0 fully saturated rings. The fourth-order valence-corrected chi connectivity index (χ4v) is 2.10. The van der Waals surface area contributed by atoms with Gasteiger partial charge in [0.2, 0.25) is 0 Å². The van der Waals surface area contributed by atoms with Crippen molar-refractivity contribution in [2.75, 3.05) is 0 Å². The van der Waals surface area contributed by atoms with E-state index < -0.39 is 0 Å². The van der Waals surface area contributed by atoms with Crippen molar-refractivity contribution in [2.45, 2.75) is 19.4 Å². The molecule has 2 aromatic rings. The number of alkyl halides is 1. The Balaban J connectivity index is 2.08. The Bertz CT molecular complexity index is 548. The van der Waals surface area contributed by atoms with E-state index in [1.165, 1.54) is 0 Å². The first-order valence-electron chi connectivity index (χ1n) is 5.45. The first kappa shape index (κ1) is 13.3. The van der Waals surface area contributed by atoms with Crippen LogP contribution >= 0.6 is 27.5 Å². The molecule has 0 bridgehead atoms. The van der Waals surface area contributed by atoms with Gasteiger partial charge in [0.25, 0.3) is 0 Å². The Kier molecular flexibility index (Phi) is 4.55. The van der Waals surface area contributed by atoms with Crippen LogP contribution in [0, 0.1) is 6.92 Å². The first-order chi connectivity index (χ1) is 8.67. The fourth-order valence-electron chi connectivity index (χ4n) is 1.51. The molecule has 0 atom stereocenters. The highest BCUT2D eigenvalue weighted by molar-refractivity contribution is 9.10. The Morgan fingerprint density at radius 2 is 2.11 bits per heavy atom. The topological polar surface area (TPSA) is 35.0 Å². The molecule has 0 radical (unpaired) electrons. The number of rotatable bonds is 4. The number of ether oxygens (including phenoxy) is 1. The molecule has 0 aliphatic heterocycles. The third-order valence-electron chi connectivity index (χ3n) is 2.28. The van der Waals surface area contributed by atoms with E-state index in [-0.39, 0.29) is 0 Å². The monoisotopic (exact) mass is 326 g/mol. The van der Waals surface area contributed by atoms with Gasteiger partial charge in [0.15, 0.2) is 0 Å². The summed E-state index contributed by atoms with van der Waals surface area (Å²) >= 11 is 9.18. The van der Waals surface area contributed by atoms with Gasteiger partial charge in [-0.05, 0) is 30.7 Å². The summed E-state index contributed by atoms with van der Waals surface area (Å²) in [5.74, 6) is 0.358. The van der Waals surface area contributed by atoms with Crippen molar-refractivity contribution in [3.63, 3.8) is 0 Å². The second-order valence-electron chi connectivity index (χ2n) is 3.84. The average Bonchev–Trinajstić information content (AvgIpc) is 2.36. The molecule has 18 heavy (non-hydrogen) atoms. The van der Waals surface area contributed by atoms with Crippen LogP contribution in [-0.2, 0) is 12.5 Å². The summed E-state index contributed by atoms with van der Waals surface area (Å²) in [6.07, 6.45) is 0. The van der Waals surface area contributed by atoms with Crippen molar-refractivity contribution in [3.05, 3.63) is 51.8 Å². The molecule has 0 saturated carbocycles. The number of aromatic nitrogens is 2. The van der Waals surface area contributed by atoms with Crippen LogP contribution in [0.5, 0.6) is 6.01 Å². The van der Waals surface area contributed by atoms with Gasteiger partial charge >= 0.3 is 6.01 Å². The first-order valence-corrected chi connectivity index (χ1v) is 6.78. The lowest BCUT2D eigenvalue weighted by Gasteiger charge is -2.06. The molecule has 5 heteroatoms. The van der Waals surface area contributed by atoms with Crippen LogP contribution in [-0.4, -0.2) is 9.97 Å². The average molecular weight is 328 g/mol. The second-order valence-corrected chi connectivity index (χ2v) is 5.02. The highest BCUT2D eigenvalue weighted by Gasteiger charge is 2.03. The molecule has 94 valence electrons. The number of benzene rings is 1. The minimum atomic E-state index is 0.358. The third kappa shape index (κ3) is 3.68. The van der Waals surface area contributed by atoms with Crippen LogP contribution in [0.15, 0.2) is 34.8 Å². The maximum atomic E-state index is 5.76. The van der Waals surface area contributed by atoms with E-state index in [2.05, 4.69) is 25.9 Å². The van der Waals surface area contributed by atoms with Gasteiger partial charge in [0.05, 0.1) is 11.6 Å². The maximum Gasteiger partial charge on any atom is 0.317 e. The van der Waals surface area contributed by atoms with Gasteiger partial charge in [-0.15, -0.1) is 11.6 Å². The molecule has 1 aromatic carbocycles. The van der Waals surface area contributed by atoms with E-state index in [0.717, 1.165) is 21.4 Å². The van der Waals surface area contributed by atoms with Crippen molar-refractivity contribution < 1.29 is 4.74 Å². The van der Waals surface area contributed by atoms with E-state index in [1.54, 1.807) is 0 Å². The molecular formula is C13H12BrClN2O. The minimum Gasteiger partial charge on any atom is -0.459 e. The normalized spacial score (nSPS) is 10.4. The number of hydrogen-bond acceptors (Lipinski definition) is 3. The number of hydrogen-bond donors (Lipinski definition) is 0. The standard InChI is InChI=1S/C13H12BrClN2O/c1-9-5-12(7-15)17-13(16-9)18-8-10-3-2-4-11(14)6-10/h2-6H,7-8H2,1H3. The summed E-state index contributed by atoms with van der Waals surface area (Å²) < 4.78 is 6.59. The largest absolute Gasteiger partial charge is 0.459 e. The molecule has 0 unspecified atom stereocenters. The summed E-state index contributed by atoms with van der Waals surface area (Å²) in [5.41, 5.74) is 2.68. The highest BCUT2D eigenvalue weighted by Crippen LogP contribution is 2.14. The predicted octanol–water partition coefficient (Wildman–Crippen LogP) is 3.87. The summed E-state index contributed by atoms with van der Waals surface area (Å²) in [6, 6.07) is 10.1. The van der Waals surface area contributed by atoms with Gasteiger partial charge in [0, 0.05) is 10.2 Å². The summed E-state index contributed by atoms with van der Waals surface area (Å²) in [7, 11) is 0. The SMILES string of the molecule is Cc1cc(CCl)nc(OCc2cccc(Br)c2)n1. The fraction of sp³-hybridized carbons (Fsp3) is 0.231. The van der Waals surface area contributed by atoms with E-state index in [4.69, 9.17) is 16.3 Å². The summed E-state index contributed by atoms with van der Waals surface area (Å²) in [4.78, 5) is 8.43. The number of halogens is 2. The predicted molar refractivity (Wildman–Crippen MR) is 74.8 cm³/mol. The van der Waals surface area contributed by atoms with Gasteiger partial charge in [-0.1, -0.05) is 28.1 Å². The Labute approximate surface area is 119 Å². The van der Waals surface area contributed by atoms with Gasteiger partial charge in [-0.25, -0.2) is 4.98 Å². The van der Waals surface area contributed by atoms with Crippen LogP contribution in [0.3, 0.4) is 0 Å². The Morgan fingerprint density at radius 3 is 2.83 bits per heavy atom. The molecule has 1 heterocycles. The Hall–Kier alpha value is -1.13. The van der Waals surface area contributed by atoms with Gasteiger partial charge in [0.1, 0.15) is 6.61 Å². The number of nitrogens with zero attached hydrogens (tertiary/aromatic N) is 2. The van der Waals surface area contributed by atoms with E-state index in [0.29, 0.717) is 18.5 Å². The molecule has 0 aliphatic rings. The zero-order valence-corrected chi connectivity index (χ0v) is 12.2. The lowest BCUT2D eigenvalue weighted by atomic mass is 10.2. The zero-order chi connectivity index (χ0) is 13.0. The van der Waals surface area contributed by atoms with Gasteiger partial charge in [-0.3, -0.25) is 0 Å². The molecule has 0 saturated heterocycles. The Morgan fingerprint density at radius 1 is 1.28 bits per heavy atom. The van der Waals surface area contributed by atoms with Crippen molar-refractivity contribution >= 4 is 27.5 Å². The van der Waals surface area contributed by atoms with E-state index >= 15 is 0 Å². The van der Waals surface area contributed by atoms with Crippen molar-refractivity contribution in [1.82, 2.24) is 9.97 Å². The molecule has 0 spiro atoms. The molecule has 3 nitrogen and oxygen atoms in total. The van der Waals surface area contributed by atoms with Crippen molar-refractivity contribution in [2.24, 2.45) is 0 Å². The molecule has 1 aromatic heterocycles. The lowest BCUT2D eigenvalue weighted by Crippen LogP contribution is -2.02. The highest BCUT2D eigenvalue weighted by atomic mass is 79.9. The molecule has 0 N–H and O–H groups in total. The molecular weight excluding hydrogens is 316 g/mol. The third-order valence-corrected chi connectivity index (χ3v) is 3.05. The van der Waals surface area contributed by atoms with Crippen LogP contribution < -0.4 is 4.74 Å². The second kappa shape index (κ2) is 6.16. The zero-order valence-electron chi connectivity index (χ0n) is 9.86. The smallest absolute Gasteiger partial charge is 0.317 e.